The van der Waals surface area contributed by atoms with Crippen LogP contribution in [0.3, 0.4) is 0 Å². The molecule has 2 aromatic carbocycles. The number of carbonyl (C=O) groups is 2. The second-order valence-corrected chi connectivity index (χ2v) is 10.0. The number of phenolic OH excluding ortho intramolecular Hbond substituents is 2. The highest BCUT2D eigenvalue weighted by atomic mass is 35.5. The molecule has 11 heteroatoms. The second kappa shape index (κ2) is 10.4. The van der Waals surface area contributed by atoms with E-state index in [0.29, 0.717) is 0 Å². The van der Waals surface area contributed by atoms with E-state index in [4.69, 9.17) is 19.9 Å². The number of carbonyl (C=O) groups excluding carboxylic acids is 2. The average molecular weight is 552 g/mol. The van der Waals surface area contributed by atoms with Crippen LogP contribution in [0.5, 0.6) is 17.2 Å². The van der Waals surface area contributed by atoms with Gasteiger partial charge in [0.25, 0.3) is 0 Å². The fourth-order valence-electron chi connectivity index (χ4n) is 5.57. The van der Waals surface area contributed by atoms with E-state index < -0.39 is 59.3 Å². The molecule has 0 radical (unpaired) electrons. The van der Waals surface area contributed by atoms with Crippen molar-refractivity contribution in [3.63, 3.8) is 0 Å². The Morgan fingerprint density at radius 2 is 1.76 bits per heavy atom. The third kappa shape index (κ3) is 4.55. The average Bonchev–Trinajstić information content (AvgIpc) is 2.81. The van der Waals surface area contributed by atoms with Crippen molar-refractivity contribution in [2.75, 3.05) is 7.11 Å². The zero-order valence-electron chi connectivity index (χ0n) is 20.6. The predicted molar refractivity (Wildman–Crippen MR) is 139 cm³/mol. The molecule has 2 aliphatic carbocycles. The van der Waals surface area contributed by atoms with Crippen molar-refractivity contribution in [1.29, 1.82) is 0 Å². The van der Waals surface area contributed by atoms with Crippen LogP contribution in [0.2, 0.25) is 0 Å². The van der Waals surface area contributed by atoms with E-state index in [1.807, 2.05) is 0 Å². The van der Waals surface area contributed by atoms with Crippen LogP contribution >= 0.6 is 12.4 Å². The monoisotopic (exact) mass is 551 g/mol. The van der Waals surface area contributed by atoms with E-state index in [-0.39, 0.29) is 78.2 Å². The van der Waals surface area contributed by atoms with Crippen LogP contribution in [0.1, 0.15) is 83.2 Å². The van der Waals surface area contributed by atoms with Gasteiger partial charge in [0.05, 0.1) is 47.7 Å². The summed E-state index contributed by atoms with van der Waals surface area (Å²) < 4.78 is 17.1. The Kier molecular flexibility index (Phi) is 8.19. The minimum Gasteiger partial charge on any atom is -0.507 e. The molecule has 0 aromatic heterocycles. The molecule has 0 amide bonds. The molecule has 1 heterocycles. The molecule has 1 fully saturated rings. The fraction of sp³-hybridized carbons (Fsp3) is 0.481. The Bertz CT molecular complexity index is 1270. The lowest BCUT2D eigenvalue weighted by atomic mass is 9.73. The lowest BCUT2D eigenvalue weighted by molar-refractivity contribution is -0.247. The van der Waals surface area contributed by atoms with Crippen LogP contribution in [-0.4, -0.2) is 69.2 Å². The van der Waals surface area contributed by atoms with Crippen LogP contribution < -0.4 is 10.5 Å². The Hall–Kier alpha value is -2.73. The van der Waals surface area contributed by atoms with Gasteiger partial charge in [0, 0.05) is 42.0 Å². The van der Waals surface area contributed by atoms with Crippen molar-refractivity contribution < 1.29 is 44.2 Å². The molecular weight excluding hydrogens is 518 g/mol. The topological polar surface area (TPSA) is 169 Å². The molecule has 6 atom stereocenters. The maximum absolute atomic E-state index is 13.6. The van der Waals surface area contributed by atoms with Crippen molar-refractivity contribution in [3.8, 4) is 17.2 Å². The number of aliphatic hydroxyl groups is 2. The summed E-state index contributed by atoms with van der Waals surface area (Å²) in [5.41, 5.74) is 4.27. The van der Waals surface area contributed by atoms with Gasteiger partial charge in [-0.3, -0.25) is 9.59 Å². The number of benzene rings is 2. The normalized spacial score (nSPS) is 29.8. The van der Waals surface area contributed by atoms with Gasteiger partial charge in [-0.2, -0.15) is 0 Å². The summed E-state index contributed by atoms with van der Waals surface area (Å²) >= 11 is 0. The van der Waals surface area contributed by atoms with Crippen LogP contribution in [0.4, 0.5) is 0 Å². The van der Waals surface area contributed by atoms with Crippen LogP contribution in [0.25, 0.3) is 0 Å². The molecule has 3 aliphatic rings. The molecule has 2 aromatic rings. The summed E-state index contributed by atoms with van der Waals surface area (Å²) in [6, 6.07) is 3.94. The van der Waals surface area contributed by atoms with Crippen LogP contribution in [0.15, 0.2) is 18.2 Å². The number of ketones is 2. The van der Waals surface area contributed by atoms with Crippen molar-refractivity contribution in [2.45, 2.75) is 76.8 Å². The zero-order chi connectivity index (χ0) is 26.1. The molecule has 38 heavy (non-hydrogen) atoms. The largest absolute Gasteiger partial charge is 0.507 e. The van der Waals surface area contributed by atoms with Gasteiger partial charge in [-0.15, -0.1) is 12.4 Å². The molecule has 1 aliphatic heterocycles. The van der Waals surface area contributed by atoms with E-state index in [1.165, 1.54) is 19.2 Å². The van der Waals surface area contributed by atoms with Gasteiger partial charge in [-0.1, -0.05) is 19.6 Å². The summed E-state index contributed by atoms with van der Waals surface area (Å²) in [7, 11) is 1.37. The number of hydrogen-bond donors (Lipinski definition) is 5. The highest BCUT2D eigenvalue weighted by Crippen LogP contribution is 2.52. The van der Waals surface area contributed by atoms with Crippen molar-refractivity contribution in [1.82, 2.24) is 0 Å². The van der Waals surface area contributed by atoms with Gasteiger partial charge in [0.15, 0.2) is 12.1 Å². The Balaban J connectivity index is 0.00000200. The third-order valence-electron chi connectivity index (χ3n) is 7.33. The number of aromatic hydroxyl groups is 2. The van der Waals surface area contributed by atoms with Crippen molar-refractivity contribution in [2.24, 2.45) is 5.73 Å². The summed E-state index contributed by atoms with van der Waals surface area (Å²) in [5, 5.41) is 43.7. The van der Waals surface area contributed by atoms with Gasteiger partial charge in [-0.05, 0) is 19.9 Å². The number of phenols is 2. The predicted octanol–water partition coefficient (Wildman–Crippen LogP) is 2.52. The zero-order valence-corrected chi connectivity index (χ0v) is 21.4. The van der Waals surface area contributed by atoms with E-state index in [1.54, 1.807) is 19.9 Å². The molecule has 4 unspecified atom stereocenters. The molecule has 6 N–H and O–H groups in total. The maximum Gasteiger partial charge on any atom is 0.202 e. The first-order valence-electron chi connectivity index (χ1n) is 11.8. The first-order chi connectivity index (χ1) is 16.9. The molecule has 0 spiro atoms. The number of halogens is 1. The van der Waals surface area contributed by atoms with E-state index >= 15 is 0 Å². The van der Waals surface area contributed by atoms with E-state index in [9.17, 15) is 30.0 Å². The van der Waals surface area contributed by atoms with Crippen LogP contribution in [0, 0.1) is 0 Å². The van der Waals surface area contributed by atoms with Crippen LogP contribution in [-0.2, 0) is 15.9 Å². The maximum atomic E-state index is 13.6. The first kappa shape index (κ1) is 29.8. The van der Waals surface area contributed by atoms with Crippen molar-refractivity contribution in [3.05, 3.63) is 51.6 Å². The molecular formula is C27H34ClNO9. The number of aliphatic hydroxyl groups excluding tert-OH is 1. The number of hydrogen-bond acceptors (Lipinski definition) is 10. The molecule has 10 nitrogen and oxygen atoms in total. The number of nitrogens with two attached hydrogens (primary N) is 1. The lowest BCUT2D eigenvalue weighted by Gasteiger charge is -2.41. The SMILES string of the molecule is C.COc1cccc2c1C(=O)c1c(O)c3c(c(O)c1C2=O)C[C@](C)(O)C[C@@H]3OC1CC(N)C(O)C(C)O1.Cl. The molecule has 5 rings (SSSR count). The van der Waals surface area contributed by atoms with Gasteiger partial charge < -0.3 is 40.4 Å². The Labute approximate surface area is 226 Å². The van der Waals surface area contributed by atoms with Gasteiger partial charge in [0.1, 0.15) is 17.2 Å². The number of rotatable bonds is 3. The third-order valence-corrected chi connectivity index (χ3v) is 7.33. The number of ether oxygens (including phenoxy) is 3. The quantitative estimate of drug-likeness (QED) is 0.305. The molecule has 1 saturated heterocycles. The van der Waals surface area contributed by atoms with Gasteiger partial charge in [-0.25, -0.2) is 0 Å². The molecule has 208 valence electrons. The summed E-state index contributed by atoms with van der Waals surface area (Å²) in [6.45, 7) is 3.20. The molecule has 0 saturated carbocycles. The minimum atomic E-state index is -1.36. The fourth-order valence-corrected chi connectivity index (χ4v) is 5.57. The van der Waals surface area contributed by atoms with E-state index in [2.05, 4.69) is 0 Å². The minimum absolute atomic E-state index is 0. The Morgan fingerprint density at radius 1 is 1.11 bits per heavy atom. The second-order valence-electron chi connectivity index (χ2n) is 10.0. The molecule has 0 bridgehead atoms. The highest BCUT2D eigenvalue weighted by molar-refractivity contribution is 6.31. The first-order valence-corrected chi connectivity index (χ1v) is 11.8. The number of fused-ring (bicyclic) bond motifs is 3. The summed E-state index contributed by atoms with van der Waals surface area (Å²) in [4.78, 5) is 27.0. The van der Waals surface area contributed by atoms with E-state index in [0.717, 1.165) is 0 Å². The van der Waals surface area contributed by atoms with Gasteiger partial charge >= 0.3 is 0 Å². The lowest BCUT2D eigenvalue weighted by Crippen LogP contribution is -2.52. The summed E-state index contributed by atoms with van der Waals surface area (Å²) in [6.07, 6.45) is -3.28. The van der Waals surface area contributed by atoms with Gasteiger partial charge in [0.2, 0.25) is 5.78 Å². The standard InChI is InChI=1S/C26H29NO9.CH4.ClH/c1-10-21(28)13(27)7-16(35-10)36-15-9-26(2,33)8-12-18(15)25(32)20-19(23(12)30)22(29)11-5-4-6-14(34-3)17(11)24(20)31;;/h4-6,10,13,15-16,21,28,30,32-33H,7-9,27H2,1-3H3;1H4;1H/t10?,13?,15-,16?,21?,26-;;/m0../s1. The van der Waals surface area contributed by atoms with Crippen molar-refractivity contribution >= 4 is 24.0 Å². The summed E-state index contributed by atoms with van der Waals surface area (Å²) in [5.74, 6) is -2.12. The Morgan fingerprint density at radius 3 is 2.39 bits per heavy atom. The smallest absolute Gasteiger partial charge is 0.202 e. The highest BCUT2D eigenvalue weighted by Gasteiger charge is 2.46. The number of methoxy groups -OCH3 is 1.